The van der Waals surface area contributed by atoms with Crippen molar-refractivity contribution >= 4 is 44.5 Å². The molecule has 1 aliphatic heterocycles. The molecule has 7 nitrogen and oxygen atoms in total. The van der Waals surface area contributed by atoms with Gasteiger partial charge in [-0.3, -0.25) is 0 Å². The third-order valence-corrected chi connectivity index (χ3v) is 5.29. The van der Waals surface area contributed by atoms with Gasteiger partial charge >= 0.3 is 17.6 Å². The normalized spacial score (nSPS) is 16.0. The minimum Gasteiger partial charge on any atom is -0.465 e. The standard InChI is InChI=1S/C22H16BrNO6/c1-11-9-17(25)29-16-10-14(7-8-15(11)16)24-19-18(21(26)28-2)20(30-22(19)27)12-3-5-13(23)6-4-12/h3-10,20,24H,1-2H3. The number of halogens is 1. The summed E-state index contributed by atoms with van der Waals surface area (Å²) in [4.78, 5) is 36.8. The Bertz CT molecular complexity index is 1260. The Balaban J connectivity index is 1.78. The topological polar surface area (TPSA) is 94.8 Å². The number of fused-ring (bicyclic) bond motifs is 1. The summed E-state index contributed by atoms with van der Waals surface area (Å²) in [5.41, 5.74) is 1.80. The highest BCUT2D eigenvalue weighted by Crippen LogP contribution is 2.37. The lowest BCUT2D eigenvalue weighted by Gasteiger charge is -2.13. The predicted molar refractivity (Wildman–Crippen MR) is 113 cm³/mol. The quantitative estimate of drug-likeness (QED) is 0.455. The number of methoxy groups -OCH3 is 1. The van der Waals surface area contributed by atoms with Gasteiger partial charge in [-0.2, -0.15) is 0 Å². The number of esters is 2. The Morgan fingerprint density at radius 3 is 2.53 bits per heavy atom. The number of hydrogen-bond acceptors (Lipinski definition) is 7. The number of anilines is 1. The number of aryl methyl sites for hydroxylation is 1. The maximum atomic E-state index is 12.6. The van der Waals surface area contributed by atoms with Crippen LogP contribution in [0.1, 0.15) is 17.2 Å². The molecule has 0 fully saturated rings. The second-order valence-electron chi connectivity index (χ2n) is 6.70. The van der Waals surface area contributed by atoms with Crippen molar-refractivity contribution in [1.82, 2.24) is 0 Å². The molecule has 0 radical (unpaired) electrons. The lowest BCUT2D eigenvalue weighted by atomic mass is 10.0. The Kier molecular flexibility index (Phi) is 5.17. The van der Waals surface area contributed by atoms with Gasteiger partial charge in [-0.1, -0.05) is 28.1 Å². The molecule has 4 rings (SSSR count). The average Bonchev–Trinajstić information content (AvgIpc) is 3.03. The molecule has 0 amide bonds. The molecule has 1 N–H and O–H groups in total. The van der Waals surface area contributed by atoms with E-state index in [1.54, 1.807) is 49.4 Å². The van der Waals surface area contributed by atoms with Crippen molar-refractivity contribution in [2.24, 2.45) is 0 Å². The van der Waals surface area contributed by atoms with E-state index >= 15 is 0 Å². The smallest absolute Gasteiger partial charge is 0.356 e. The predicted octanol–water partition coefficient (Wildman–Crippen LogP) is 4.00. The number of rotatable bonds is 4. The lowest BCUT2D eigenvalue weighted by Crippen LogP contribution is -2.14. The van der Waals surface area contributed by atoms with Gasteiger partial charge in [0.25, 0.3) is 0 Å². The highest BCUT2D eigenvalue weighted by atomic mass is 79.9. The molecule has 1 aliphatic rings. The fourth-order valence-corrected chi connectivity index (χ4v) is 3.59. The van der Waals surface area contributed by atoms with E-state index in [0.29, 0.717) is 16.8 Å². The molecule has 0 spiro atoms. The van der Waals surface area contributed by atoms with Gasteiger partial charge < -0.3 is 19.2 Å². The highest BCUT2D eigenvalue weighted by molar-refractivity contribution is 9.10. The Morgan fingerprint density at radius 2 is 1.83 bits per heavy atom. The third kappa shape index (κ3) is 3.61. The molecule has 1 aromatic heterocycles. The first-order valence-electron chi connectivity index (χ1n) is 8.98. The first-order chi connectivity index (χ1) is 14.4. The van der Waals surface area contributed by atoms with E-state index in [-0.39, 0.29) is 11.3 Å². The first kappa shape index (κ1) is 19.9. The van der Waals surface area contributed by atoms with Crippen LogP contribution in [-0.2, 0) is 19.1 Å². The maximum absolute atomic E-state index is 12.6. The van der Waals surface area contributed by atoms with E-state index in [4.69, 9.17) is 13.9 Å². The van der Waals surface area contributed by atoms with Gasteiger partial charge in [0.2, 0.25) is 0 Å². The van der Waals surface area contributed by atoms with Gasteiger partial charge in [-0.25, -0.2) is 14.4 Å². The summed E-state index contributed by atoms with van der Waals surface area (Å²) >= 11 is 3.35. The third-order valence-electron chi connectivity index (χ3n) is 4.76. The second kappa shape index (κ2) is 7.79. The van der Waals surface area contributed by atoms with Crippen LogP contribution in [0.25, 0.3) is 11.0 Å². The molecule has 8 heteroatoms. The van der Waals surface area contributed by atoms with Crippen molar-refractivity contribution in [1.29, 1.82) is 0 Å². The maximum Gasteiger partial charge on any atom is 0.356 e. The van der Waals surface area contributed by atoms with Crippen molar-refractivity contribution in [3.63, 3.8) is 0 Å². The van der Waals surface area contributed by atoms with Gasteiger partial charge in [0.05, 0.1) is 7.11 Å². The zero-order valence-corrected chi connectivity index (χ0v) is 17.6. The second-order valence-corrected chi connectivity index (χ2v) is 7.62. The molecule has 1 unspecified atom stereocenters. The van der Waals surface area contributed by atoms with Gasteiger partial charge in [0, 0.05) is 27.7 Å². The van der Waals surface area contributed by atoms with E-state index in [1.807, 2.05) is 0 Å². The number of cyclic esters (lactones) is 1. The average molecular weight is 470 g/mol. The summed E-state index contributed by atoms with van der Waals surface area (Å²) in [6.07, 6.45) is -0.902. The number of hydrogen-bond donors (Lipinski definition) is 1. The van der Waals surface area contributed by atoms with Crippen LogP contribution in [-0.4, -0.2) is 19.0 Å². The van der Waals surface area contributed by atoms with E-state index in [1.165, 1.54) is 13.2 Å². The van der Waals surface area contributed by atoms with Crippen molar-refractivity contribution in [3.05, 3.63) is 85.8 Å². The number of nitrogens with one attached hydrogen (secondary N) is 1. The van der Waals surface area contributed by atoms with E-state index in [9.17, 15) is 14.4 Å². The van der Waals surface area contributed by atoms with Crippen LogP contribution in [0.15, 0.2) is 73.5 Å². The van der Waals surface area contributed by atoms with Gasteiger partial charge in [-0.15, -0.1) is 0 Å². The number of ether oxygens (including phenoxy) is 2. The van der Waals surface area contributed by atoms with Crippen LogP contribution in [0, 0.1) is 6.92 Å². The number of carbonyl (C=O) groups is 2. The van der Waals surface area contributed by atoms with E-state index in [2.05, 4.69) is 21.2 Å². The fourth-order valence-electron chi connectivity index (χ4n) is 3.32. The van der Waals surface area contributed by atoms with Gasteiger partial charge in [0.15, 0.2) is 6.10 Å². The summed E-state index contributed by atoms with van der Waals surface area (Å²) in [5, 5.41) is 3.70. The van der Waals surface area contributed by atoms with Crippen LogP contribution < -0.4 is 10.9 Å². The molecule has 152 valence electrons. The monoisotopic (exact) mass is 469 g/mol. The summed E-state index contributed by atoms with van der Waals surface area (Å²) in [6, 6.07) is 13.6. The summed E-state index contributed by atoms with van der Waals surface area (Å²) in [6.45, 7) is 1.81. The van der Waals surface area contributed by atoms with Crippen LogP contribution in [0.3, 0.4) is 0 Å². The largest absolute Gasteiger partial charge is 0.465 e. The van der Waals surface area contributed by atoms with Crippen LogP contribution in [0.5, 0.6) is 0 Å². The molecule has 0 bridgehead atoms. The minimum absolute atomic E-state index is 0.0240. The fraction of sp³-hybridized carbons (Fsp3) is 0.136. The van der Waals surface area contributed by atoms with Gasteiger partial charge in [0.1, 0.15) is 16.9 Å². The summed E-state index contributed by atoms with van der Waals surface area (Å²) in [5.74, 6) is -1.37. The van der Waals surface area contributed by atoms with Crippen molar-refractivity contribution in [3.8, 4) is 0 Å². The van der Waals surface area contributed by atoms with Crippen molar-refractivity contribution < 1.29 is 23.5 Å². The molecular weight excluding hydrogens is 454 g/mol. The molecule has 2 heterocycles. The molecule has 0 aliphatic carbocycles. The number of benzene rings is 2. The Morgan fingerprint density at radius 1 is 1.10 bits per heavy atom. The molecule has 3 aromatic rings. The van der Waals surface area contributed by atoms with E-state index in [0.717, 1.165) is 15.4 Å². The van der Waals surface area contributed by atoms with Crippen LogP contribution >= 0.6 is 15.9 Å². The molecule has 0 saturated heterocycles. The van der Waals surface area contributed by atoms with Crippen LogP contribution in [0.2, 0.25) is 0 Å². The SMILES string of the molecule is COC(=O)C1=C(Nc2ccc3c(C)cc(=O)oc3c2)C(=O)OC1c1ccc(Br)cc1. The summed E-state index contributed by atoms with van der Waals surface area (Å²) < 4.78 is 16.5. The molecule has 2 aromatic carbocycles. The number of carbonyl (C=O) groups excluding carboxylic acids is 2. The zero-order chi connectivity index (χ0) is 21.4. The summed E-state index contributed by atoms with van der Waals surface area (Å²) in [7, 11) is 1.24. The van der Waals surface area contributed by atoms with Crippen molar-refractivity contribution in [2.45, 2.75) is 13.0 Å². The molecule has 1 atom stereocenters. The van der Waals surface area contributed by atoms with Gasteiger partial charge in [-0.05, 0) is 42.3 Å². The highest BCUT2D eigenvalue weighted by Gasteiger charge is 2.40. The first-order valence-corrected chi connectivity index (χ1v) is 9.77. The molecule has 30 heavy (non-hydrogen) atoms. The molecular formula is C22H16BrNO6. The molecule has 0 saturated carbocycles. The van der Waals surface area contributed by atoms with E-state index < -0.39 is 23.7 Å². The Labute approximate surface area is 179 Å². The van der Waals surface area contributed by atoms with Crippen LogP contribution in [0.4, 0.5) is 5.69 Å². The zero-order valence-electron chi connectivity index (χ0n) is 16.0. The Hall–Kier alpha value is -3.39. The minimum atomic E-state index is -0.902. The lowest BCUT2D eigenvalue weighted by molar-refractivity contribution is -0.141. The van der Waals surface area contributed by atoms with Crippen molar-refractivity contribution in [2.75, 3.05) is 12.4 Å².